The number of aromatic nitrogens is 3. The zero-order valence-electron chi connectivity index (χ0n) is 14.6. The second-order valence-corrected chi connectivity index (χ2v) is 7.67. The molecule has 2 aliphatic heterocycles. The Bertz CT molecular complexity index is 555. The van der Waals surface area contributed by atoms with Gasteiger partial charge in [0.05, 0.1) is 6.54 Å². The van der Waals surface area contributed by atoms with E-state index in [2.05, 4.69) is 37.5 Å². The van der Waals surface area contributed by atoms with Crippen molar-refractivity contribution >= 4 is 17.7 Å². The van der Waals surface area contributed by atoms with Gasteiger partial charge in [0.2, 0.25) is 0 Å². The van der Waals surface area contributed by atoms with Crippen LogP contribution in [0.1, 0.15) is 30.9 Å². The normalized spacial score (nSPS) is 22.2. The van der Waals surface area contributed by atoms with Crippen LogP contribution in [0.2, 0.25) is 0 Å². The maximum Gasteiger partial charge on any atom is 0.191 e. The number of hydrogen-bond donors (Lipinski definition) is 2. The summed E-state index contributed by atoms with van der Waals surface area (Å²) in [6.45, 7) is 2.31. The molecule has 1 saturated heterocycles. The van der Waals surface area contributed by atoms with Crippen LogP contribution >= 0.6 is 11.8 Å². The summed E-state index contributed by atoms with van der Waals surface area (Å²) in [5.74, 6) is 6.09. The van der Waals surface area contributed by atoms with Gasteiger partial charge < -0.3 is 15.4 Å². The number of thioether (sulfide) groups is 1. The maximum atomic E-state index is 5.12. The number of ether oxygens (including phenoxy) is 1. The average Bonchev–Trinajstić information content (AvgIpc) is 3.01. The van der Waals surface area contributed by atoms with E-state index in [1.54, 1.807) is 7.11 Å². The van der Waals surface area contributed by atoms with Crippen LogP contribution in [-0.2, 0) is 24.3 Å². The molecule has 0 radical (unpaired) electrons. The number of hydrogen-bond acceptors (Lipinski definition) is 5. The average molecular weight is 353 g/mol. The highest BCUT2D eigenvalue weighted by Crippen LogP contribution is 2.21. The SMILES string of the molecule is CN=C(NCC1CCSCC1)NC1CCc2nc(COC)nn2C1. The summed E-state index contributed by atoms with van der Waals surface area (Å²) in [6, 6.07) is 0.336. The van der Waals surface area contributed by atoms with Crippen molar-refractivity contribution in [2.75, 3.05) is 32.2 Å². The summed E-state index contributed by atoms with van der Waals surface area (Å²) >= 11 is 2.07. The molecular formula is C16H28N6OS. The third-order valence-electron chi connectivity index (χ3n) is 4.64. The van der Waals surface area contributed by atoms with Gasteiger partial charge in [-0.1, -0.05) is 0 Å². The molecule has 1 aromatic heterocycles. The fourth-order valence-electron chi connectivity index (χ4n) is 3.25. The van der Waals surface area contributed by atoms with Crippen LogP contribution in [-0.4, -0.2) is 59.0 Å². The summed E-state index contributed by atoms with van der Waals surface area (Å²) in [5, 5.41) is 11.6. The number of fused-ring (bicyclic) bond motifs is 1. The Labute approximate surface area is 148 Å². The summed E-state index contributed by atoms with van der Waals surface area (Å²) in [4.78, 5) is 8.90. The van der Waals surface area contributed by atoms with Crippen molar-refractivity contribution in [1.82, 2.24) is 25.4 Å². The lowest BCUT2D eigenvalue weighted by molar-refractivity contribution is 0.177. The number of guanidine groups is 1. The first-order valence-corrected chi connectivity index (χ1v) is 9.90. The Kier molecular flexibility index (Phi) is 6.37. The van der Waals surface area contributed by atoms with Crippen molar-refractivity contribution < 1.29 is 4.74 Å². The molecule has 8 heteroatoms. The van der Waals surface area contributed by atoms with Crippen molar-refractivity contribution in [1.29, 1.82) is 0 Å². The lowest BCUT2D eigenvalue weighted by Crippen LogP contribution is -2.48. The van der Waals surface area contributed by atoms with Crippen LogP contribution in [0.3, 0.4) is 0 Å². The molecular weight excluding hydrogens is 324 g/mol. The molecule has 2 aliphatic rings. The van der Waals surface area contributed by atoms with Gasteiger partial charge in [0.25, 0.3) is 0 Å². The van der Waals surface area contributed by atoms with Crippen molar-refractivity contribution in [2.45, 2.75) is 44.9 Å². The first-order valence-electron chi connectivity index (χ1n) is 8.75. The van der Waals surface area contributed by atoms with E-state index >= 15 is 0 Å². The van der Waals surface area contributed by atoms with Crippen LogP contribution in [0.4, 0.5) is 0 Å². The van der Waals surface area contributed by atoms with Crippen molar-refractivity contribution in [2.24, 2.45) is 10.9 Å². The first-order chi connectivity index (χ1) is 11.8. The molecule has 2 N–H and O–H groups in total. The number of aliphatic imine (C=N–C) groups is 1. The van der Waals surface area contributed by atoms with Gasteiger partial charge in [0.15, 0.2) is 11.8 Å². The summed E-state index contributed by atoms with van der Waals surface area (Å²) in [7, 11) is 3.51. The van der Waals surface area contributed by atoms with E-state index in [4.69, 9.17) is 4.74 Å². The molecule has 1 atom stereocenters. The van der Waals surface area contributed by atoms with Crippen LogP contribution in [0.15, 0.2) is 4.99 Å². The van der Waals surface area contributed by atoms with Crippen molar-refractivity contribution in [3.05, 3.63) is 11.6 Å². The highest BCUT2D eigenvalue weighted by molar-refractivity contribution is 7.99. The minimum atomic E-state index is 0.336. The van der Waals surface area contributed by atoms with E-state index in [0.717, 1.165) is 49.5 Å². The van der Waals surface area contributed by atoms with Gasteiger partial charge in [-0.15, -0.1) is 0 Å². The van der Waals surface area contributed by atoms with Crippen LogP contribution in [0, 0.1) is 5.92 Å². The summed E-state index contributed by atoms with van der Waals surface area (Å²) in [5.41, 5.74) is 0. The van der Waals surface area contributed by atoms with Gasteiger partial charge in [0, 0.05) is 33.2 Å². The van der Waals surface area contributed by atoms with Crippen LogP contribution in [0.5, 0.6) is 0 Å². The van der Waals surface area contributed by atoms with E-state index in [1.807, 2.05) is 11.7 Å². The van der Waals surface area contributed by atoms with Gasteiger partial charge >= 0.3 is 0 Å². The Morgan fingerprint density at radius 1 is 1.38 bits per heavy atom. The van der Waals surface area contributed by atoms with E-state index < -0.39 is 0 Å². The predicted molar refractivity (Wildman–Crippen MR) is 97.4 cm³/mol. The predicted octanol–water partition coefficient (Wildman–Crippen LogP) is 1.05. The van der Waals surface area contributed by atoms with E-state index in [1.165, 1.54) is 24.3 Å². The fraction of sp³-hybridized carbons (Fsp3) is 0.812. The summed E-state index contributed by atoms with van der Waals surface area (Å²) < 4.78 is 7.12. The zero-order chi connectivity index (χ0) is 16.8. The molecule has 7 nitrogen and oxygen atoms in total. The molecule has 0 bridgehead atoms. The van der Waals surface area contributed by atoms with E-state index in [0.29, 0.717) is 12.6 Å². The minimum absolute atomic E-state index is 0.336. The maximum absolute atomic E-state index is 5.12. The third kappa shape index (κ3) is 4.63. The van der Waals surface area contributed by atoms with E-state index in [9.17, 15) is 0 Å². The molecule has 1 fully saturated rings. The molecule has 3 rings (SSSR count). The number of methoxy groups -OCH3 is 1. The third-order valence-corrected chi connectivity index (χ3v) is 5.69. The molecule has 0 aromatic carbocycles. The first kappa shape index (κ1) is 17.5. The Morgan fingerprint density at radius 2 is 2.21 bits per heavy atom. The second-order valence-electron chi connectivity index (χ2n) is 6.45. The largest absolute Gasteiger partial charge is 0.377 e. The Morgan fingerprint density at radius 3 is 2.96 bits per heavy atom. The van der Waals surface area contributed by atoms with E-state index in [-0.39, 0.29) is 0 Å². The van der Waals surface area contributed by atoms with Crippen molar-refractivity contribution in [3.8, 4) is 0 Å². The molecule has 134 valence electrons. The molecule has 0 saturated carbocycles. The number of nitrogens with one attached hydrogen (secondary N) is 2. The lowest BCUT2D eigenvalue weighted by Gasteiger charge is -2.27. The minimum Gasteiger partial charge on any atom is -0.377 e. The van der Waals surface area contributed by atoms with Gasteiger partial charge in [-0.25, -0.2) is 9.67 Å². The van der Waals surface area contributed by atoms with Gasteiger partial charge in [-0.05, 0) is 36.7 Å². The summed E-state index contributed by atoms with van der Waals surface area (Å²) in [6.07, 6.45) is 4.60. The highest BCUT2D eigenvalue weighted by atomic mass is 32.2. The lowest BCUT2D eigenvalue weighted by atomic mass is 10.0. The van der Waals surface area contributed by atoms with Crippen molar-refractivity contribution in [3.63, 3.8) is 0 Å². The molecule has 0 spiro atoms. The molecule has 0 amide bonds. The fourth-order valence-corrected chi connectivity index (χ4v) is 4.45. The zero-order valence-corrected chi connectivity index (χ0v) is 15.4. The second kappa shape index (κ2) is 8.71. The molecule has 24 heavy (non-hydrogen) atoms. The standard InChI is InChI=1S/C16H28N6OS/c1-17-16(18-9-12-5-7-24-8-6-12)19-13-3-4-15-20-14(11-23-2)21-22(15)10-13/h12-13H,3-11H2,1-2H3,(H2,17,18,19). The molecule has 0 aliphatic carbocycles. The molecule has 1 unspecified atom stereocenters. The van der Waals surface area contributed by atoms with Crippen LogP contribution in [0.25, 0.3) is 0 Å². The van der Waals surface area contributed by atoms with Gasteiger partial charge in [-0.2, -0.15) is 16.9 Å². The number of aryl methyl sites for hydroxylation is 1. The van der Waals surface area contributed by atoms with Crippen LogP contribution < -0.4 is 10.6 Å². The number of rotatable bonds is 5. The highest BCUT2D eigenvalue weighted by Gasteiger charge is 2.22. The molecule has 1 aromatic rings. The quantitative estimate of drug-likeness (QED) is 0.609. The molecule has 3 heterocycles. The topological polar surface area (TPSA) is 76.4 Å². The van der Waals surface area contributed by atoms with Gasteiger partial charge in [0.1, 0.15) is 12.4 Å². The Hall–Kier alpha value is -1.28. The monoisotopic (exact) mass is 352 g/mol. The Balaban J connectivity index is 1.49. The number of nitrogens with zero attached hydrogens (tertiary/aromatic N) is 4. The smallest absolute Gasteiger partial charge is 0.191 e. The van der Waals surface area contributed by atoms with Gasteiger partial charge in [-0.3, -0.25) is 4.99 Å².